The van der Waals surface area contributed by atoms with Gasteiger partial charge < -0.3 is 5.32 Å². The fourth-order valence-corrected chi connectivity index (χ4v) is 1.86. The molecule has 0 aliphatic heterocycles. The van der Waals surface area contributed by atoms with Crippen LogP contribution in [-0.2, 0) is 0 Å². The van der Waals surface area contributed by atoms with E-state index in [9.17, 15) is 0 Å². The second-order valence-corrected chi connectivity index (χ2v) is 5.10. The van der Waals surface area contributed by atoms with Crippen molar-refractivity contribution in [3.8, 4) is 0 Å². The van der Waals surface area contributed by atoms with Crippen molar-refractivity contribution in [1.82, 2.24) is 0 Å². The zero-order chi connectivity index (χ0) is 10.6. The average molecular weight is 256 g/mol. The van der Waals surface area contributed by atoms with Crippen molar-refractivity contribution in [2.75, 3.05) is 5.32 Å². The van der Waals surface area contributed by atoms with Gasteiger partial charge >= 0.3 is 0 Å². The van der Waals surface area contributed by atoms with Gasteiger partial charge in [0.25, 0.3) is 0 Å². The summed E-state index contributed by atoms with van der Waals surface area (Å²) in [5.74, 6) is 0.743. The first-order valence-electron chi connectivity index (χ1n) is 5.10. The molecule has 0 saturated heterocycles. The second-order valence-electron chi connectivity index (χ2n) is 4.18. The molecule has 0 saturated carbocycles. The first-order valence-corrected chi connectivity index (χ1v) is 5.89. The first kappa shape index (κ1) is 11.6. The molecule has 0 amide bonds. The Bertz CT molecular complexity index is 266. The maximum Gasteiger partial charge on any atom is 0.0342 e. The summed E-state index contributed by atoms with van der Waals surface area (Å²) in [6.07, 6.45) is 1.20. The number of hydrogen-bond donors (Lipinski definition) is 1. The normalized spacial score (nSPS) is 12.9. The van der Waals surface area contributed by atoms with Gasteiger partial charge in [-0.3, -0.25) is 0 Å². The molecule has 1 N–H and O–H groups in total. The van der Waals surface area contributed by atoms with E-state index in [4.69, 9.17) is 0 Å². The SMILES string of the molecule is CC(C)CC(C)Nc1ccc(Br)cc1. The van der Waals surface area contributed by atoms with Crippen LogP contribution < -0.4 is 5.32 Å². The molecule has 1 nitrogen and oxygen atoms in total. The van der Waals surface area contributed by atoms with Crippen molar-refractivity contribution in [3.05, 3.63) is 28.7 Å². The molecular formula is C12H18BrN. The molecule has 1 aromatic carbocycles. The fraction of sp³-hybridized carbons (Fsp3) is 0.500. The minimum atomic E-state index is 0.538. The number of anilines is 1. The highest BCUT2D eigenvalue weighted by molar-refractivity contribution is 9.10. The molecule has 0 aliphatic rings. The number of benzene rings is 1. The lowest BCUT2D eigenvalue weighted by atomic mass is 10.1. The highest BCUT2D eigenvalue weighted by Crippen LogP contribution is 2.16. The molecule has 14 heavy (non-hydrogen) atoms. The van der Waals surface area contributed by atoms with Gasteiger partial charge in [-0.1, -0.05) is 29.8 Å². The highest BCUT2D eigenvalue weighted by Gasteiger charge is 2.04. The van der Waals surface area contributed by atoms with E-state index < -0.39 is 0 Å². The molecule has 1 aromatic rings. The van der Waals surface area contributed by atoms with Gasteiger partial charge in [-0.2, -0.15) is 0 Å². The minimum Gasteiger partial charge on any atom is -0.383 e. The number of nitrogens with one attached hydrogen (secondary N) is 1. The lowest BCUT2D eigenvalue weighted by Crippen LogP contribution is -2.17. The van der Waals surface area contributed by atoms with Gasteiger partial charge in [-0.25, -0.2) is 0 Å². The lowest BCUT2D eigenvalue weighted by molar-refractivity contribution is 0.540. The van der Waals surface area contributed by atoms with Crippen LogP contribution >= 0.6 is 15.9 Å². The molecular weight excluding hydrogens is 238 g/mol. The molecule has 1 atom stereocenters. The summed E-state index contributed by atoms with van der Waals surface area (Å²) >= 11 is 3.42. The monoisotopic (exact) mass is 255 g/mol. The molecule has 0 aliphatic carbocycles. The molecule has 0 radical (unpaired) electrons. The van der Waals surface area contributed by atoms with Gasteiger partial charge in [0.2, 0.25) is 0 Å². The van der Waals surface area contributed by atoms with Gasteiger partial charge in [-0.15, -0.1) is 0 Å². The Kier molecular flexibility index (Phi) is 4.46. The van der Waals surface area contributed by atoms with Crippen molar-refractivity contribution >= 4 is 21.6 Å². The summed E-state index contributed by atoms with van der Waals surface area (Å²) in [5.41, 5.74) is 1.20. The van der Waals surface area contributed by atoms with Crippen molar-refractivity contribution in [3.63, 3.8) is 0 Å². The van der Waals surface area contributed by atoms with E-state index in [1.165, 1.54) is 12.1 Å². The van der Waals surface area contributed by atoms with E-state index >= 15 is 0 Å². The Hall–Kier alpha value is -0.500. The summed E-state index contributed by atoms with van der Waals surface area (Å²) in [5, 5.41) is 3.48. The van der Waals surface area contributed by atoms with Crippen LogP contribution in [0.1, 0.15) is 27.2 Å². The van der Waals surface area contributed by atoms with Crippen LogP contribution in [0.15, 0.2) is 28.7 Å². The topological polar surface area (TPSA) is 12.0 Å². The predicted octanol–water partition coefficient (Wildman–Crippen LogP) is 4.30. The maximum atomic E-state index is 3.48. The molecule has 78 valence electrons. The van der Waals surface area contributed by atoms with E-state index in [0.29, 0.717) is 6.04 Å². The zero-order valence-electron chi connectivity index (χ0n) is 9.05. The second kappa shape index (κ2) is 5.40. The molecule has 1 rings (SSSR count). The number of rotatable bonds is 4. The summed E-state index contributed by atoms with van der Waals surface area (Å²) < 4.78 is 1.12. The highest BCUT2D eigenvalue weighted by atomic mass is 79.9. The van der Waals surface area contributed by atoms with Gasteiger partial charge in [0, 0.05) is 16.2 Å². The van der Waals surface area contributed by atoms with E-state index in [0.717, 1.165) is 10.4 Å². The van der Waals surface area contributed by atoms with Crippen LogP contribution in [-0.4, -0.2) is 6.04 Å². The van der Waals surface area contributed by atoms with Gasteiger partial charge in [0.05, 0.1) is 0 Å². The summed E-state index contributed by atoms with van der Waals surface area (Å²) in [4.78, 5) is 0. The van der Waals surface area contributed by atoms with Crippen LogP contribution in [0.5, 0.6) is 0 Å². The third kappa shape index (κ3) is 4.14. The Morgan fingerprint density at radius 3 is 2.21 bits per heavy atom. The summed E-state index contributed by atoms with van der Waals surface area (Å²) in [6, 6.07) is 8.85. The van der Waals surface area contributed by atoms with Gasteiger partial charge in [0.1, 0.15) is 0 Å². The van der Waals surface area contributed by atoms with Gasteiger partial charge in [-0.05, 0) is 43.5 Å². The third-order valence-corrected chi connectivity index (χ3v) is 2.61. The molecule has 2 heteroatoms. The number of hydrogen-bond acceptors (Lipinski definition) is 1. The molecule has 0 heterocycles. The quantitative estimate of drug-likeness (QED) is 0.847. The van der Waals surface area contributed by atoms with Crippen molar-refractivity contribution < 1.29 is 0 Å². The minimum absolute atomic E-state index is 0.538. The zero-order valence-corrected chi connectivity index (χ0v) is 10.6. The van der Waals surface area contributed by atoms with Crippen molar-refractivity contribution in [2.24, 2.45) is 5.92 Å². The van der Waals surface area contributed by atoms with E-state index in [2.05, 4.69) is 66.3 Å². The van der Waals surface area contributed by atoms with Crippen LogP contribution in [0.3, 0.4) is 0 Å². The Labute approximate surface area is 95.0 Å². The van der Waals surface area contributed by atoms with E-state index in [1.807, 2.05) is 0 Å². The summed E-state index contributed by atoms with van der Waals surface area (Å²) in [6.45, 7) is 6.72. The van der Waals surface area contributed by atoms with Crippen LogP contribution in [0.4, 0.5) is 5.69 Å². The fourth-order valence-electron chi connectivity index (χ4n) is 1.60. The Morgan fingerprint density at radius 2 is 1.71 bits per heavy atom. The largest absolute Gasteiger partial charge is 0.383 e. The predicted molar refractivity (Wildman–Crippen MR) is 66.7 cm³/mol. The smallest absolute Gasteiger partial charge is 0.0342 e. The van der Waals surface area contributed by atoms with E-state index in [1.54, 1.807) is 0 Å². The molecule has 0 fully saturated rings. The first-order chi connectivity index (χ1) is 6.58. The molecule has 1 unspecified atom stereocenters. The third-order valence-electron chi connectivity index (χ3n) is 2.08. The van der Waals surface area contributed by atoms with E-state index in [-0.39, 0.29) is 0 Å². The Balaban J connectivity index is 2.47. The Morgan fingerprint density at radius 1 is 1.14 bits per heavy atom. The van der Waals surface area contributed by atoms with Crippen LogP contribution in [0.25, 0.3) is 0 Å². The number of halogens is 1. The standard InChI is InChI=1S/C12H18BrN/c1-9(2)8-10(3)14-12-6-4-11(13)5-7-12/h4-7,9-10,14H,8H2,1-3H3. The van der Waals surface area contributed by atoms with Crippen molar-refractivity contribution in [1.29, 1.82) is 0 Å². The summed E-state index contributed by atoms with van der Waals surface area (Å²) in [7, 11) is 0. The maximum absolute atomic E-state index is 3.48. The van der Waals surface area contributed by atoms with Crippen molar-refractivity contribution in [2.45, 2.75) is 33.2 Å². The average Bonchev–Trinajstić information content (AvgIpc) is 2.07. The molecule has 0 aromatic heterocycles. The lowest BCUT2D eigenvalue weighted by Gasteiger charge is -2.17. The van der Waals surface area contributed by atoms with Gasteiger partial charge in [0.15, 0.2) is 0 Å². The van der Waals surface area contributed by atoms with Crippen LogP contribution in [0.2, 0.25) is 0 Å². The van der Waals surface area contributed by atoms with Crippen LogP contribution in [0, 0.1) is 5.92 Å². The molecule has 0 bridgehead atoms. The molecule has 0 spiro atoms.